The summed E-state index contributed by atoms with van der Waals surface area (Å²) in [5.74, 6) is -2.64. The maximum atomic E-state index is 13.4. The molecule has 9 heteroatoms. The highest BCUT2D eigenvalue weighted by Crippen LogP contribution is 2.16. The Kier molecular flexibility index (Phi) is 8.11. The summed E-state index contributed by atoms with van der Waals surface area (Å²) in [5, 5.41) is 5.65. The summed E-state index contributed by atoms with van der Waals surface area (Å²) >= 11 is 0. The minimum Gasteiger partial charge on any atom is -0.352 e. The van der Waals surface area contributed by atoms with Crippen LogP contribution in [0.5, 0.6) is 0 Å². The third-order valence-electron chi connectivity index (χ3n) is 5.31. The number of benzene rings is 2. The van der Waals surface area contributed by atoms with Gasteiger partial charge in [0, 0.05) is 38.3 Å². The Morgan fingerprint density at radius 2 is 1.67 bits per heavy atom. The molecule has 2 N–H and O–H groups in total. The monoisotopic (exact) mass is 458 g/mol. The molecule has 1 aliphatic rings. The van der Waals surface area contributed by atoms with Crippen molar-refractivity contribution in [3.8, 4) is 0 Å². The molecule has 2 aromatic carbocycles. The Morgan fingerprint density at radius 1 is 0.970 bits per heavy atom. The smallest absolute Gasteiger partial charge is 0.254 e. The van der Waals surface area contributed by atoms with E-state index >= 15 is 0 Å². The molecule has 1 saturated heterocycles. The number of anilines is 1. The third-order valence-corrected chi connectivity index (χ3v) is 5.31. The number of hydrogen-bond acceptors (Lipinski definition) is 4. The standard InChI is InChI=1S/C24H28F2N4O3/c1-16(2)14-27-23(32)18-5-3-4-6-21(18)28-22(31)15-29-9-11-30(12-10-29)24(33)17-7-8-19(25)20(26)13-17/h3-8,13,16H,9-12,14-15H2,1-2H3,(H,27,32)(H,28,31). The molecule has 0 spiro atoms. The molecular weight excluding hydrogens is 430 g/mol. The quantitative estimate of drug-likeness (QED) is 0.669. The van der Waals surface area contributed by atoms with Crippen LogP contribution in [0.4, 0.5) is 14.5 Å². The third kappa shape index (κ3) is 6.58. The number of rotatable bonds is 7. The zero-order chi connectivity index (χ0) is 24.0. The van der Waals surface area contributed by atoms with Gasteiger partial charge < -0.3 is 15.5 Å². The first kappa shape index (κ1) is 24.3. The Bertz CT molecular complexity index is 1020. The maximum Gasteiger partial charge on any atom is 0.254 e. The molecule has 0 unspecified atom stereocenters. The van der Waals surface area contributed by atoms with E-state index in [-0.39, 0.29) is 29.8 Å². The minimum atomic E-state index is -1.06. The lowest BCUT2D eigenvalue weighted by atomic mass is 10.1. The van der Waals surface area contributed by atoms with Crippen LogP contribution in [-0.2, 0) is 4.79 Å². The highest BCUT2D eigenvalue weighted by Gasteiger charge is 2.24. The predicted octanol–water partition coefficient (Wildman–Crippen LogP) is 2.75. The van der Waals surface area contributed by atoms with Crippen molar-refractivity contribution in [2.24, 2.45) is 5.92 Å². The summed E-state index contributed by atoms with van der Waals surface area (Å²) in [6.45, 7) is 6.28. The summed E-state index contributed by atoms with van der Waals surface area (Å²) in [7, 11) is 0. The summed E-state index contributed by atoms with van der Waals surface area (Å²) < 4.78 is 26.5. The Hall–Kier alpha value is -3.33. The van der Waals surface area contributed by atoms with Crippen molar-refractivity contribution in [1.29, 1.82) is 0 Å². The van der Waals surface area contributed by atoms with Crippen LogP contribution in [0.15, 0.2) is 42.5 Å². The fourth-order valence-corrected chi connectivity index (χ4v) is 3.50. The second-order valence-corrected chi connectivity index (χ2v) is 8.39. The summed E-state index contributed by atoms with van der Waals surface area (Å²) in [4.78, 5) is 41.0. The highest BCUT2D eigenvalue weighted by atomic mass is 19.2. The van der Waals surface area contributed by atoms with Gasteiger partial charge in [0.2, 0.25) is 5.91 Å². The van der Waals surface area contributed by atoms with Gasteiger partial charge in [-0.2, -0.15) is 0 Å². The van der Waals surface area contributed by atoms with Gasteiger partial charge >= 0.3 is 0 Å². The van der Waals surface area contributed by atoms with E-state index in [0.717, 1.165) is 12.1 Å². The Labute approximate surface area is 191 Å². The largest absolute Gasteiger partial charge is 0.352 e. The number of nitrogens with one attached hydrogen (secondary N) is 2. The fraction of sp³-hybridized carbons (Fsp3) is 0.375. The van der Waals surface area contributed by atoms with Crippen molar-refractivity contribution in [2.75, 3.05) is 44.6 Å². The van der Waals surface area contributed by atoms with E-state index in [4.69, 9.17) is 0 Å². The summed E-state index contributed by atoms with van der Waals surface area (Å²) in [5.41, 5.74) is 0.928. The minimum absolute atomic E-state index is 0.0902. The molecule has 1 aliphatic heterocycles. The van der Waals surface area contributed by atoms with E-state index in [2.05, 4.69) is 10.6 Å². The zero-order valence-electron chi connectivity index (χ0n) is 18.7. The number of piperazine rings is 1. The van der Waals surface area contributed by atoms with Gasteiger partial charge in [-0.05, 0) is 36.2 Å². The molecule has 1 fully saturated rings. The second kappa shape index (κ2) is 11.0. The van der Waals surface area contributed by atoms with Crippen LogP contribution in [0.25, 0.3) is 0 Å². The molecule has 2 aromatic rings. The molecule has 0 aromatic heterocycles. The highest BCUT2D eigenvalue weighted by molar-refractivity contribution is 6.04. The topological polar surface area (TPSA) is 81.8 Å². The number of carbonyl (C=O) groups excluding carboxylic acids is 3. The van der Waals surface area contributed by atoms with Crippen LogP contribution >= 0.6 is 0 Å². The number of halogens is 2. The molecule has 176 valence electrons. The van der Waals surface area contributed by atoms with Crippen molar-refractivity contribution in [3.05, 3.63) is 65.2 Å². The van der Waals surface area contributed by atoms with Crippen molar-refractivity contribution in [3.63, 3.8) is 0 Å². The molecule has 0 bridgehead atoms. The number of carbonyl (C=O) groups is 3. The van der Waals surface area contributed by atoms with E-state index in [1.807, 2.05) is 18.7 Å². The lowest BCUT2D eigenvalue weighted by molar-refractivity contribution is -0.117. The number of nitrogens with zero attached hydrogens (tertiary/aromatic N) is 2. The van der Waals surface area contributed by atoms with Gasteiger partial charge in [-0.1, -0.05) is 26.0 Å². The molecule has 3 rings (SSSR count). The lowest BCUT2D eigenvalue weighted by Gasteiger charge is -2.34. The van der Waals surface area contributed by atoms with Gasteiger partial charge in [-0.15, -0.1) is 0 Å². The van der Waals surface area contributed by atoms with Crippen LogP contribution in [0.2, 0.25) is 0 Å². The fourth-order valence-electron chi connectivity index (χ4n) is 3.50. The van der Waals surface area contributed by atoms with Crippen LogP contribution in [0.3, 0.4) is 0 Å². The van der Waals surface area contributed by atoms with E-state index in [0.29, 0.717) is 49.9 Å². The van der Waals surface area contributed by atoms with Crippen LogP contribution in [0, 0.1) is 17.6 Å². The first-order valence-electron chi connectivity index (χ1n) is 10.9. The van der Waals surface area contributed by atoms with Gasteiger partial charge in [0.25, 0.3) is 11.8 Å². The van der Waals surface area contributed by atoms with Crippen molar-refractivity contribution in [1.82, 2.24) is 15.1 Å². The molecule has 33 heavy (non-hydrogen) atoms. The van der Waals surface area contributed by atoms with Crippen LogP contribution in [0.1, 0.15) is 34.6 Å². The van der Waals surface area contributed by atoms with E-state index in [1.165, 1.54) is 6.07 Å². The molecule has 7 nitrogen and oxygen atoms in total. The maximum absolute atomic E-state index is 13.4. The number of amides is 3. The average molecular weight is 459 g/mol. The van der Waals surface area contributed by atoms with E-state index in [1.54, 1.807) is 29.2 Å². The lowest BCUT2D eigenvalue weighted by Crippen LogP contribution is -2.50. The van der Waals surface area contributed by atoms with Crippen LogP contribution in [-0.4, -0.2) is 66.8 Å². The zero-order valence-corrected chi connectivity index (χ0v) is 18.7. The van der Waals surface area contributed by atoms with Gasteiger partial charge in [0.15, 0.2) is 11.6 Å². The summed E-state index contributed by atoms with van der Waals surface area (Å²) in [6, 6.07) is 9.92. The van der Waals surface area contributed by atoms with Gasteiger partial charge in [0.05, 0.1) is 17.8 Å². The second-order valence-electron chi connectivity index (χ2n) is 8.39. The molecule has 1 heterocycles. The molecular formula is C24H28F2N4O3. The van der Waals surface area contributed by atoms with Crippen LogP contribution < -0.4 is 10.6 Å². The van der Waals surface area contributed by atoms with Gasteiger partial charge in [-0.25, -0.2) is 8.78 Å². The molecule has 0 saturated carbocycles. The van der Waals surface area contributed by atoms with E-state index in [9.17, 15) is 23.2 Å². The van der Waals surface area contributed by atoms with Crippen molar-refractivity contribution >= 4 is 23.4 Å². The van der Waals surface area contributed by atoms with Crippen molar-refractivity contribution in [2.45, 2.75) is 13.8 Å². The Morgan fingerprint density at radius 3 is 2.33 bits per heavy atom. The normalized spacial score (nSPS) is 14.3. The molecule has 3 amide bonds. The molecule has 0 radical (unpaired) electrons. The first-order chi connectivity index (χ1) is 15.7. The summed E-state index contributed by atoms with van der Waals surface area (Å²) in [6.07, 6.45) is 0. The van der Waals surface area contributed by atoms with Gasteiger partial charge in [0.1, 0.15) is 0 Å². The van der Waals surface area contributed by atoms with E-state index < -0.39 is 11.6 Å². The SMILES string of the molecule is CC(C)CNC(=O)c1ccccc1NC(=O)CN1CCN(C(=O)c2ccc(F)c(F)c2)CC1. The predicted molar refractivity (Wildman–Crippen MR) is 121 cm³/mol. The Balaban J connectivity index is 1.52. The first-order valence-corrected chi connectivity index (χ1v) is 10.9. The number of para-hydroxylation sites is 1. The average Bonchev–Trinajstić information content (AvgIpc) is 2.79. The van der Waals surface area contributed by atoms with Crippen molar-refractivity contribution < 1.29 is 23.2 Å². The molecule has 0 atom stereocenters. The molecule has 0 aliphatic carbocycles. The van der Waals surface area contributed by atoms with Gasteiger partial charge in [-0.3, -0.25) is 19.3 Å². The number of hydrogen-bond donors (Lipinski definition) is 2.